The van der Waals surface area contributed by atoms with Gasteiger partial charge in [0, 0.05) is 20.4 Å². The summed E-state index contributed by atoms with van der Waals surface area (Å²) in [5.74, 6) is 0. The van der Waals surface area contributed by atoms with Gasteiger partial charge in [0.15, 0.2) is 0 Å². The lowest BCUT2D eigenvalue weighted by atomic mass is 10.0. The number of halogens is 2. The van der Waals surface area contributed by atoms with Crippen LogP contribution in [0.4, 0.5) is 0 Å². The zero-order valence-electron chi connectivity index (χ0n) is 11.5. The smallest absolute Gasteiger partial charge is 0.0438 e. The van der Waals surface area contributed by atoms with Crippen molar-refractivity contribution in [2.45, 2.75) is 32.2 Å². The summed E-state index contributed by atoms with van der Waals surface area (Å²) in [7, 11) is 0. The second-order valence-corrected chi connectivity index (χ2v) is 7.10. The number of thiophene rings is 1. The van der Waals surface area contributed by atoms with Crippen molar-refractivity contribution in [1.82, 2.24) is 5.32 Å². The molecule has 2 aromatic rings. The minimum Gasteiger partial charge on any atom is -0.313 e. The topological polar surface area (TPSA) is 12.0 Å². The molecule has 1 heterocycles. The maximum absolute atomic E-state index is 6.28. The third-order valence-electron chi connectivity index (χ3n) is 3.23. The summed E-state index contributed by atoms with van der Waals surface area (Å²) in [6, 6.07) is 10.7. The number of nitrogens with one attached hydrogen (secondary N) is 1. The Morgan fingerprint density at radius 3 is 2.70 bits per heavy atom. The lowest BCUT2D eigenvalue weighted by Gasteiger charge is -2.19. The highest BCUT2D eigenvalue weighted by Gasteiger charge is 2.14. The SMILES string of the molecule is CCCNC(Cc1ccccc1Cl)Cc1sccc1Br. The first-order valence-corrected chi connectivity index (χ1v) is 8.94. The van der Waals surface area contributed by atoms with Crippen LogP contribution in [0.25, 0.3) is 0 Å². The minimum atomic E-state index is 0.421. The van der Waals surface area contributed by atoms with Gasteiger partial charge in [0.25, 0.3) is 0 Å². The van der Waals surface area contributed by atoms with Crippen molar-refractivity contribution in [3.8, 4) is 0 Å². The van der Waals surface area contributed by atoms with Gasteiger partial charge in [-0.15, -0.1) is 11.3 Å². The van der Waals surface area contributed by atoms with Crippen LogP contribution in [0, 0.1) is 0 Å². The van der Waals surface area contributed by atoms with Crippen molar-refractivity contribution in [3.05, 3.63) is 55.6 Å². The summed E-state index contributed by atoms with van der Waals surface area (Å²) in [4.78, 5) is 1.39. The zero-order chi connectivity index (χ0) is 14.4. The normalized spacial score (nSPS) is 12.6. The van der Waals surface area contributed by atoms with E-state index >= 15 is 0 Å². The summed E-state index contributed by atoms with van der Waals surface area (Å²) in [5.41, 5.74) is 1.22. The van der Waals surface area contributed by atoms with Crippen molar-refractivity contribution < 1.29 is 0 Å². The van der Waals surface area contributed by atoms with Crippen molar-refractivity contribution in [2.24, 2.45) is 0 Å². The summed E-state index contributed by atoms with van der Waals surface area (Å²) < 4.78 is 1.21. The third kappa shape index (κ3) is 4.59. The molecule has 0 fully saturated rings. The molecule has 0 amide bonds. The molecule has 1 nitrogen and oxygen atoms in total. The molecule has 0 aliphatic rings. The van der Waals surface area contributed by atoms with Crippen molar-refractivity contribution in [3.63, 3.8) is 0 Å². The highest BCUT2D eigenvalue weighted by molar-refractivity contribution is 9.10. The first-order valence-electron chi connectivity index (χ1n) is 6.89. The van der Waals surface area contributed by atoms with E-state index in [1.165, 1.54) is 14.9 Å². The van der Waals surface area contributed by atoms with Crippen molar-refractivity contribution in [1.29, 1.82) is 0 Å². The Hall–Kier alpha value is -0.350. The lowest BCUT2D eigenvalue weighted by Crippen LogP contribution is -2.33. The summed E-state index contributed by atoms with van der Waals surface area (Å²) in [6.07, 6.45) is 3.14. The van der Waals surface area contributed by atoms with Crippen LogP contribution in [0.3, 0.4) is 0 Å². The Bertz CT molecular complexity index is 541. The molecule has 0 bridgehead atoms. The van der Waals surface area contributed by atoms with Crippen LogP contribution < -0.4 is 5.32 Å². The number of hydrogen-bond donors (Lipinski definition) is 1. The second kappa shape index (κ2) is 8.18. The van der Waals surface area contributed by atoms with E-state index in [-0.39, 0.29) is 0 Å². The molecule has 0 radical (unpaired) electrons. The van der Waals surface area contributed by atoms with E-state index in [4.69, 9.17) is 11.6 Å². The molecule has 1 unspecified atom stereocenters. The zero-order valence-corrected chi connectivity index (χ0v) is 14.7. The van der Waals surface area contributed by atoms with Crippen LogP contribution in [0.5, 0.6) is 0 Å². The van der Waals surface area contributed by atoms with Gasteiger partial charge >= 0.3 is 0 Å². The molecule has 1 aromatic heterocycles. The molecule has 20 heavy (non-hydrogen) atoms. The molecular formula is C16H19BrClNS. The van der Waals surface area contributed by atoms with E-state index in [9.17, 15) is 0 Å². The van der Waals surface area contributed by atoms with Crippen molar-refractivity contribution in [2.75, 3.05) is 6.54 Å². The van der Waals surface area contributed by atoms with Crippen LogP contribution in [0.1, 0.15) is 23.8 Å². The van der Waals surface area contributed by atoms with Gasteiger partial charge in [-0.1, -0.05) is 36.7 Å². The van der Waals surface area contributed by atoms with Gasteiger partial charge in [0.2, 0.25) is 0 Å². The molecule has 1 N–H and O–H groups in total. The minimum absolute atomic E-state index is 0.421. The van der Waals surface area contributed by atoms with Crippen LogP contribution in [0.2, 0.25) is 5.02 Å². The molecule has 0 aliphatic heterocycles. The van der Waals surface area contributed by atoms with E-state index in [0.717, 1.165) is 30.8 Å². The first-order chi connectivity index (χ1) is 9.70. The Morgan fingerprint density at radius 2 is 2.05 bits per heavy atom. The van der Waals surface area contributed by atoms with Gasteiger partial charge in [-0.25, -0.2) is 0 Å². The number of hydrogen-bond acceptors (Lipinski definition) is 2. The predicted octanol–water partition coefficient (Wildman–Crippen LogP) is 5.32. The fourth-order valence-corrected chi connectivity index (χ4v) is 4.00. The molecule has 2 rings (SSSR count). The van der Waals surface area contributed by atoms with E-state index < -0.39 is 0 Å². The largest absolute Gasteiger partial charge is 0.313 e. The molecule has 0 saturated carbocycles. The quantitative estimate of drug-likeness (QED) is 0.694. The van der Waals surface area contributed by atoms with Crippen LogP contribution in [0.15, 0.2) is 40.2 Å². The maximum atomic E-state index is 6.28. The number of benzene rings is 1. The highest BCUT2D eigenvalue weighted by Crippen LogP contribution is 2.25. The van der Waals surface area contributed by atoms with E-state index in [2.05, 4.69) is 51.7 Å². The summed E-state index contributed by atoms with van der Waals surface area (Å²) in [6.45, 7) is 3.23. The lowest BCUT2D eigenvalue weighted by molar-refractivity contribution is 0.507. The monoisotopic (exact) mass is 371 g/mol. The van der Waals surface area contributed by atoms with Gasteiger partial charge in [-0.3, -0.25) is 0 Å². The van der Waals surface area contributed by atoms with E-state index in [1.54, 1.807) is 11.3 Å². The average Bonchev–Trinajstić information content (AvgIpc) is 2.84. The number of rotatable bonds is 7. The van der Waals surface area contributed by atoms with Gasteiger partial charge in [-0.2, -0.15) is 0 Å². The van der Waals surface area contributed by atoms with E-state index in [0.29, 0.717) is 6.04 Å². The molecule has 0 aliphatic carbocycles. The second-order valence-electron chi connectivity index (χ2n) is 4.84. The Kier molecular flexibility index (Phi) is 6.56. The molecule has 0 spiro atoms. The predicted molar refractivity (Wildman–Crippen MR) is 93.0 cm³/mol. The van der Waals surface area contributed by atoms with Crippen LogP contribution >= 0.6 is 38.9 Å². The molecular weight excluding hydrogens is 354 g/mol. The third-order valence-corrected chi connectivity index (χ3v) is 5.55. The first kappa shape index (κ1) is 16.0. The maximum Gasteiger partial charge on any atom is 0.0438 e. The summed E-state index contributed by atoms with van der Waals surface area (Å²) in [5, 5.41) is 6.63. The molecule has 4 heteroatoms. The van der Waals surface area contributed by atoms with E-state index in [1.807, 2.05) is 12.1 Å². The molecule has 1 atom stereocenters. The van der Waals surface area contributed by atoms with Crippen LogP contribution in [-0.2, 0) is 12.8 Å². The average molecular weight is 373 g/mol. The fraction of sp³-hybridized carbons (Fsp3) is 0.375. The molecule has 0 saturated heterocycles. The van der Waals surface area contributed by atoms with Gasteiger partial charge in [0.1, 0.15) is 0 Å². The Balaban J connectivity index is 2.07. The summed E-state index contributed by atoms with van der Waals surface area (Å²) >= 11 is 11.7. The van der Waals surface area contributed by atoms with Gasteiger partial charge < -0.3 is 5.32 Å². The Labute approximate surface area is 138 Å². The standard InChI is InChI=1S/C16H19BrClNS/c1-2-8-19-13(11-16-14(17)7-9-20-16)10-12-5-3-4-6-15(12)18/h3-7,9,13,19H,2,8,10-11H2,1H3. The highest BCUT2D eigenvalue weighted by atomic mass is 79.9. The van der Waals surface area contributed by atoms with Gasteiger partial charge in [-0.05, 0) is 64.8 Å². The van der Waals surface area contributed by atoms with Gasteiger partial charge in [0.05, 0.1) is 0 Å². The molecule has 108 valence electrons. The molecule has 1 aromatic carbocycles. The van der Waals surface area contributed by atoms with Crippen LogP contribution in [-0.4, -0.2) is 12.6 Å². The Morgan fingerprint density at radius 1 is 1.25 bits per heavy atom. The van der Waals surface area contributed by atoms with Crippen molar-refractivity contribution >= 4 is 38.9 Å². The fourth-order valence-electron chi connectivity index (χ4n) is 2.19.